The number of hydrogen-bond acceptors (Lipinski definition) is 3. The highest BCUT2D eigenvalue weighted by Crippen LogP contribution is 2.47. The van der Waals surface area contributed by atoms with Crippen LogP contribution < -0.4 is 0 Å². The summed E-state index contributed by atoms with van der Waals surface area (Å²) < 4.78 is 2.30. The Kier molecular flexibility index (Phi) is 6.28. The van der Waals surface area contributed by atoms with Gasteiger partial charge in [-0.1, -0.05) is 109 Å². The van der Waals surface area contributed by atoms with E-state index in [-0.39, 0.29) is 0 Å². The van der Waals surface area contributed by atoms with Crippen LogP contribution in [0.1, 0.15) is 5.56 Å². The fourth-order valence-corrected chi connectivity index (χ4v) is 8.57. The molecule has 0 bridgehead atoms. The maximum Gasteiger partial charge on any atom is 0.0991 e. The molecule has 244 valence electrons. The first-order chi connectivity index (χ1) is 26.3. The van der Waals surface area contributed by atoms with Gasteiger partial charge < -0.3 is 4.57 Å². The molecule has 0 spiro atoms. The van der Waals surface area contributed by atoms with Gasteiger partial charge in [0.05, 0.1) is 39.4 Å². The SMILES string of the molecule is N#Cc1ccc2c(c1)c1cc(-c3c4ccccc4c(-c4nc5ccccc5c5c4ccc4cccnc45)c4ccccc34)ccc1n2-c1ccccc1. The number of fused-ring (bicyclic) bond motifs is 10. The zero-order valence-corrected chi connectivity index (χ0v) is 28.5. The predicted molar refractivity (Wildman–Crippen MR) is 219 cm³/mol. The largest absolute Gasteiger partial charge is 0.309 e. The van der Waals surface area contributed by atoms with E-state index in [4.69, 9.17) is 9.97 Å². The third-order valence-corrected chi connectivity index (χ3v) is 10.8. The standard InChI is InChI=1S/C49H28N4/c50-29-30-20-24-43-40(27-30)41-28-32(22-25-44(41)53(43)33-12-2-1-3-13-33)45-34-14-4-6-16-36(34)46(37-17-7-5-15-35(37)45)49-39-23-21-31-11-10-26-51-48(31)47(39)38-18-8-9-19-42(38)52-49/h1-28H. The zero-order chi connectivity index (χ0) is 35.0. The van der Waals surface area contributed by atoms with Crippen molar-refractivity contribution in [1.82, 2.24) is 14.5 Å². The maximum atomic E-state index is 9.89. The molecule has 0 saturated carbocycles. The Bertz CT molecular complexity index is 3280. The van der Waals surface area contributed by atoms with E-state index in [1.807, 2.05) is 30.5 Å². The smallest absolute Gasteiger partial charge is 0.0991 e. The third kappa shape index (κ3) is 4.29. The Morgan fingerprint density at radius 1 is 0.491 bits per heavy atom. The zero-order valence-electron chi connectivity index (χ0n) is 28.5. The van der Waals surface area contributed by atoms with Gasteiger partial charge in [0, 0.05) is 49.8 Å². The maximum absolute atomic E-state index is 9.89. The van der Waals surface area contributed by atoms with Crippen molar-refractivity contribution < 1.29 is 0 Å². The van der Waals surface area contributed by atoms with Crippen LogP contribution in [0.15, 0.2) is 170 Å². The van der Waals surface area contributed by atoms with Crippen LogP contribution >= 0.6 is 0 Å². The highest BCUT2D eigenvalue weighted by molar-refractivity contribution is 6.27. The van der Waals surface area contributed by atoms with Gasteiger partial charge in [0.2, 0.25) is 0 Å². The highest BCUT2D eigenvalue weighted by atomic mass is 15.0. The Labute approximate surface area is 304 Å². The van der Waals surface area contributed by atoms with Crippen molar-refractivity contribution in [3.63, 3.8) is 0 Å². The molecule has 8 aromatic carbocycles. The van der Waals surface area contributed by atoms with Crippen LogP contribution in [-0.4, -0.2) is 14.5 Å². The predicted octanol–water partition coefficient (Wildman–Crippen LogP) is 12.5. The van der Waals surface area contributed by atoms with Crippen molar-refractivity contribution in [2.45, 2.75) is 0 Å². The molecule has 4 heteroatoms. The van der Waals surface area contributed by atoms with Crippen molar-refractivity contribution in [1.29, 1.82) is 5.26 Å². The summed E-state index contributed by atoms with van der Waals surface area (Å²) in [6.45, 7) is 0. The van der Waals surface area contributed by atoms with Crippen LogP contribution in [0.3, 0.4) is 0 Å². The molecule has 0 fully saturated rings. The summed E-state index contributed by atoms with van der Waals surface area (Å²) in [6, 6.07) is 60.0. The summed E-state index contributed by atoms with van der Waals surface area (Å²) >= 11 is 0. The number of pyridine rings is 2. The second-order valence-corrected chi connectivity index (χ2v) is 13.6. The number of para-hydroxylation sites is 2. The molecule has 0 N–H and O–H groups in total. The molecule has 0 aliphatic carbocycles. The number of nitrogens with zero attached hydrogens (tertiary/aromatic N) is 4. The molecule has 4 nitrogen and oxygen atoms in total. The minimum absolute atomic E-state index is 0.647. The van der Waals surface area contributed by atoms with Gasteiger partial charge in [0.1, 0.15) is 0 Å². The lowest BCUT2D eigenvalue weighted by atomic mass is 9.85. The Balaban J connectivity index is 1.25. The molecular formula is C49H28N4. The van der Waals surface area contributed by atoms with E-state index in [0.717, 1.165) is 98.4 Å². The third-order valence-electron chi connectivity index (χ3n) is 10.8. The van der Waals surface area contributed by atoms with E-state index in [1.165, 1.54) is 5.56 Å². The van der Waals surface area contributed by atoms with Gasteiger partial charge in [-0.2, -0.15) is 5.26 Å². The van der Waals surface area contributed by atoms with Gasteiger partial charge in [0.15, 0.2) is 0 Å². The molecule has 0 radical (unpaired) electrons. The monoisotopic (exact) mass is 672 g/mol. The van der Waals surface area contributed by atoms with Crippen LogP contribution in [0.5, 0.6) is 0 Å². The van der Waals surface area contributed by atoms with E-state index in [1.54, 1.807) is 0 Å². The van der Waals surface area contributed by atoms with E-state index in [0.29, 0.717) is 5.56 Å². The molecular weight excluding hydrogens is 645 g/mol. The van der Waals surface area contributed by atoms with Crippen molar-refractivity contribution in [3.05, 3.63) is 176 Å². The van der Waals surface area contributed by atoms with Crippen LogP contribution in [0.25, 0.3) is 104 Å². The Morgan fingerprint density at radius 3 is 1.87 bits per heavy atom. The summed E-state index contributed by atoms with van der Waals surface area (Å²) in [6.07, 6.45) is 1.88. The van der Waals surface area contributed by atoms with E-state index >= 15 is 0 Å². The van der Waals surface area contributed by atoms with Gasteiger partial charge in [-0.25, -0.2) is 4.98 Å². The first kappa shape index (κ1) is 29.4. The van der Waals surface area contributed by atoms with Crippen LogP contribution in [0, 0.1) is 11.3 Å². The lowest BCUT2D eigenvalue weighted by Gasteiger charge is -2.19. The lowest BCUT2D eigenvalue weighted by Crippen LogP contribution is -1.96. The Hall–Kier alpha value is -7.35. The summed E-state index contributed by atoms with van der Waals surface area (Å²) in [5, 5.41) is 21.1. The van der Waals surface area contributed by atoms with Crippen molar-refractivity contribution >= 4 is 75.9 Å². The molecule has 53 heavy (non-hydrogen) atoms. The van der Waals surface area contributed by atoms with Crippen molar-refractivity contribution in [2.75, 3.05) is 0 Å². The fraction of sp³-hybridized carbons (Fsp3) is 0. The van der Waals surface area contributed by atoms with Gasteiger partial charge in [-0.3, -0.25) is 4.98 Å². The minimum atomic E-state index is 0.647. The van der Waals surface area contributed by atoms with E-state index < -0.39 is 0 Å². The lowest BCUT2D eigenvalue weighted by molar-refractivity contribution is 1.18. The number of nitriles is 1. The summed E-state index contributed by atoms with van der Waals surface area (Å²) in [5.74, 6) is 0. The molecule has 3 heterocycles. The van der Waals surface area contributed by atoms with Gasteiger partial charge in [-0.05, 0) is 87.3 Å². The molecule has 11 rings (SSSR count). The van der Waals surface area contributed by atoms with Gasteiger partial charge >= 0.3 is 0 Å². The second kappa shape index (κ2) is 11.3. The van der Waals surface area contributed by atoms with Gasteiger partial charge in [-0.15, -0.1) is 0 Å². The number of benzene rings is 8. The topological polar surface area (TPSA) is 54.5 Å². The molecule has 0 unspecified atom stereocenters. The average molecular weight is 673 g/mol. The van der Waals surface area contributed by atoms with E-state index in [2.05, 4.69) is 150 Å². The number of aromatic nitrogens is 3. The molecule has 0 aliphatic heterocycles. The molecule has 0 saturated heterocycles. The van der Waals surface area contributed by atoms with Crippen LogP contribution in [0.2, 0.25) is 0 Å². The first-order valence-electron chi connectivity index (χ1n) is 17.8. The molecule has 0 aliphatic rings. The summed E-state index contributed by atoms with van der Waals surface area (Å²) in [5.41, 5.74) is 10.2. The van der Waals surface area contributed by atoms with Crippen molar-refractivity contribution in [2.24, 2.45) is 0 Å². The normalized spacial score (nSPS) is 11.8. The van der Waals surface area contributed by atoms with Crippen LogP contribution in [-0.2, 0) is 0 Å². The molecule has 0 amide bonds. The fourth-order valence-electron chi connectivity index (χ4n) is 8.57. The Morgan fingerprint density at radius 2 is 1.13 bits per heavy atom. The summed E-state index contributed by atoms with van der Waals surface area (Å²) in [4.78, 5) is 10.4. The highest BCUT2D eigenvalue weighted by Gasteiger charge is 2.22. The number of hydrogen-bond donors (Lipinski definition) is 0. The molecule has 0 atom stereocenters. The minimum Gasteiger partial charge on any atom is -0.309 e. The summed E-state index contributed by atoms with van der Waals surface area (Å²) in [7, 11) is 0. The second-order valence-electron chi connectivity index (χ2n) is 13.6. The van der Waals surface area contributed by atoms with Crippen LogP contribution in [0.4, 0.5) is 0 Å². The molecule has 11 aromatic rings. The van der Waals surface area contributed by atoms with Crippen molar-refractivity contribution in [3.8, 4) is 34.1 Å². The molecule has 3 aromatic heterocycles. The first-order valence-corrected chi connectivity index (χ1v) is 17.8. The average Bonchev–Trinajstić information content (AvgIpc) is 3.55. The number of rotatable bonds is 3. The quantitative estimate of drug-likeness (QED) is 0.139. The van der Waals surface area contributed by atoms with E-state index in [9.17, 15) is 5.26 Å². The van der Waals surface area contributed by atoms with Gasteiger partial charge in [0.25, 0.3) is 0 Å².